The van der Waals surface area contributed by atoms with E-state index in [0.29, 0.717) is 12.0 Å². The quantitative estimate of drug-likeness (QED) is 0.345. The van der Waals surface area contributed by atoms with Crippen molar-refractivity contribution in [2.45, 2.75) is 66.3 Å². The fraction of sp³-hybridized carbons (Fsp3) is 0.944. The smallest absolute Gasteiger partial charge is 0.191 e. The standard InChI is InChI=1S/C18H38N4.HI/c1-6-16(7-2)13-20-18(19-8-3)21-17-9-11-22(12-10-17)14-15(4)5;/h15-17H,6-14H2,1-5H3,(H2,19,20,21);1H. The number of hydrogen-bond acceptors (Lipinski definition) is 2. The van der Waals surface area contributed by atoms with E-state index in [0.717, 1.165) is 25.0 Å². The van der Waals surface area contributed by atoms with Crippen LogP contribution in [0.2, 0.25) is 0 Å². The first-order valence-corrected chi connectivity index (χ1v) is 9.36. The summed E-state index contributed by atoms with van der Waals surface area (Å²) in [7, 11) is 0. The minimum Gasteiger partial charge on any atom is -0.357 e. The molecule has 0 aromatic carbocycles. The zero-order chi connectivity index (χ0) is 16.4. The lowest BCUT2D eigenvalue weighted by Gasteiger charge is -2.34. The van der Waals surface area contributed by atoms with E-state index in [2.05, 4.69) is 50.2 Å². The van der Waals surface area contributed by atoms with Crippen LogP contribution in [0.4, 0.5) is 0 Å². The third-order valence-corrected chi connectivity index (χ3v) is 4.56. The van der Waals surface area contributed by atoms with Crippen LogP contribution in [0.3, 0.4) is 0 Å². The Balaban J connectivity index is 0.00000484. The predicted molar refractivity (Wildman–Crippen MR) is 113 cm³/mol. The fourth-order valence-electron chi connectivity index (χ4n) is 3.06. The van der Waals surface area contributed by atoms with Gasteiger partial charge in [0.1, 0.15) is 0 Å². The van der Waals surface area contributed by atoms with Gasteiger partial charge in [-0.25, -0.2) is 0 Å². The number of hydrogen-bond donors (Lipinski definition) is 2. The molecular formula is C18H39IN4. The van der Waals surface area contributed by atoms with Crippen LogP contribution in [0, 0.1) is 11.8 Å². The highest BCUT2D eigenvalue weighted by Crippen LogP contribution is 2.12. The van der Waals surface area contributed by atoms with Gasteiger partial charge < -0.3 is 15.5 Å². The Labute approximate surface area is 161 Å². The number of nitrogens with zero attached hydrogens (tertiary/aromatic N) is 2. The third-order valence-electron chi connectivity index (χ3n) is 4.56. The summed E-state index contributed by atoms with van der Waals surface area (Å²) in [5, 5.41) is 7.05. The van der Waals surface area contributed by atoms with Gasteiger partial charge in [0, 0.05) is 38.8 Å². The molecule has 1 heterocycles. The summed E-state index contributed by atoms with van der Waals surface area (Å²) in [5.74, 6) is 2.49. The van der Waals surface area contributed by atoms with Crippen molar-refractivity contribution in [1.82, 2.24) is 15.5 Å². The van der Waals surface area contributed by atoms with Crippen LogP contribution in [-0.2, 0) is 0 Å². The lowest BCUT2D eigenvalue weighted by atomic mass is 10.0. The van der Waals surface area contributed by atoms with Crippen molar-refractivity contribution >= 4 is 29.9 Å². The molecule has 23 heavy (non-hydrogen) atoms. The van der Waals surface area contributed by atoms with Gasteiger partial charge in [0.15, 0.2) is 5.96 Å². The Morgan fingerprint density at radius 2 is 1.74 bits per heavy atom. The molecule has 0 unspecified atom stereocenters. The number of piperidine rings is 1. The molecule has 0 aliphatic carbocycles. The van der Waals surface area contributed by atoms with Crippen molar-refractivity contribution in [2.75, 3.05) is 32.7 Å². The first-order valence-electron chi connectivity index (χ1n) is 9.36. The van der Waals surface area contributed by atoms with Crippen molar-refractivity contribution in [3.63, 3.8) is 0 Å². The molecule has 1 saturated heterocycles. The second-order valence-electron chi connectivity index (χ2n) is 7.02. The van der Waals surface area contributed by atoms with Gasteiger partial charge in [-0.15, -0.1) is 24.0 Å². The summed E-state index contributed by atoms with van der Waals surface area (Å²) >= 11 is 0. The van der Waals surface area contributed by atoms with Crippen LogP contribution < -0.4 is 10.6 Å². The molecule has 0 radical (unpaired) electrons. The molecule has 0 bridgehead atoms. The van der Waals surface area contributed by atoms with Gasteiger partial charge in [-0.1, -0.05) is 40.5 Å². The summed E-state index contributed by atoms with van der Waals surface area (Å²) < 4.78 is 0. The summed E-state index contributed by atoms with van der Waals surface area (Å²) in [6, 6.07) is 0.572. The first kappa shape index (κ1) is 23.0. The van der Waals surface area contributed by atoms with Crippen molar-refractivity contribution in [3.05, 3.63) is 0 Å². The van der Waals surface area contributed by atoms with Crippen molar-refractivity contribution in [2.24, 2.45) is 16.8 Å². The predicted octanol–water partition coefficient (Wildman–Crippen LogP) is 3.72. The van der Waals surface area contributed by atoms with Gasteiger partial charge >= 0.3 is 0 Å². The maximum atomic E-state index is 4.80. The molecule has 1 aliphatic rings. The largest absolute Gasteiger partial charge is 0.357 e. The third kappa shape index (κ3) is 9.75. The van der Waals surface area contributed by atoms with E-state index >= 15 is 0 Å². The van der Waals surface area contributed by atoms with E-state index in [1.807, 2.05) is 0 Å². The number of halogens is 1. The highest BCUT2D eigenvalue weighted by Gasteiger charge is 2.20. The van der Waals surface area contributed by atoms with Crippen molar-refractivity contribution in [3.8, 4) is 0 Å². The number of aliphatic imine (C=N–C) groups is 1. The molecule has 0 aromatic rings. The molecule has 0 saturated carbocycles. The SMILES string of the molecule is CCNC(=NCC(CC)CC)NC1CCN(CC(C)C)CC1.I. The minimum atomic E-state index is 0. The Morgan fingerprint density at radius 1 is 1.13 bits per heavy atom. The van der Waals surface area contributed by atoms with Crippen molar-refractivity contribution in [1.29, 1.82) is 0 Å². The fourth-order valence-corrected chi connectivity index (χ4v) is 3.06. The Morgan fingerprint density at radius 3 is 2.22 bits per heavy atom. The van der Waals surface area contributed by atoms with Crippen LogP contribution in [-0.4, -0.2) is 49.6 Å². The van der Waals surface area contributed by atoms with E-state index in [-0.39, 0.29) is 24.0 Å². The lowest BCUT2D eigenvalue weighted by Crippen LogP contribution is -2.49. The van der Waals surface area contributed by atoms with Crippen molar-refractivity contribution < 1.29 is 0 Å². The zero-order valence-electron chi connectivity index (χ0n) is 15.9. The van der Waals surface area contributed by atoms with E-state index in [1.54, 1.807) is 0 Å². The Hall–Kier alpha value is -0.0400. The van der Waals surface area contributed by atoms with Crippen LogP contribution in [0.5, 0.6) is 0 Å². The van der Waals surface area contributed by atoms with Gasteiger partial charge in [0.2, 0.25) is 0 Å². The second kappa shape index (κ2) is 13.3. The maximum Gasteiger partial charge on any atom is 0.191 e. The number of guanidine groups is 1. The molecule has 138 valence electrons. The Kier molecular flexibility index (Phi) is 13.3. The number of rotatable bonds is 8. The molecule has 0 aromatic heterocycles. The molecule has 4 nitrogen and oxygen atoms in total. The van der Waals surface area contributed by atoms with Gasteiger partial charge in [-0.05, 0) is 31.6 Å². The molecule has 2 N–H and O–H groups in total. The van der Waals surface area contributed by atoms with Gasteiger partial charge in [-0.2, -0.15) is 0 Å². The first-order chi connectivity index (χ1) is 10.6. The average Bonchev–Trinajstić information content (AvgIpc) is 2.50. The monoisotopic (exact) mass is 438 g/mol. The van der Waals surface area contributed by atoms with E-state index in [9.17, 15) is 0 Å². The Bertz CT molecular complexity index is 308. The molecule has 1 aliphatic heterocycles. The van der Waals surface area contributed by atoms with Crippen LogP contribution in [0.1, 0.15) is 60.3 Å². The minimum absolute atomic E-state index is 0. The summed E-state index contributed by atoms with van der Waals surface area (Å²) in [4.78, 5) is 7.39. The molecule has 0 atom stereocenters. The van der Waals surface area contributed by atoms with Crippen LogP contribution in [0.25, 0.3) is 0 Å². The zero-order valence-corrected chi connectivity index (χ0v) is 18.2. The number of nitrogens with one attached hydrogen (secondary N) is 2. The molecule has 0 amide bonds. The summed E-state index contributed by atoms with van der Waals surface area (Å²) in [6.07, 6.45) is 4.88. The molecule has 0 spiro atoms. The second-order valence-corrected chi connectivity index (χ2v) is 7.02. The van der Waals surface area contributed by atoms with Crippen LogP contribution in [0.15, 0.2) is 4.99 Å². The number of likely N-dealkylation sites (tertiary alicyclic amines) is 1. The van der Waals surface area contributed by atoms with Gasteiger partial charge in [0.05, 0.1) is 0 Å². The van der Waals surface area contributed by atoms with E-state index in [4.69, 9.17) is 4.99 Å². The highest BCUT2D eigenvalue weighted by molar-refractivity contribution is 14.0. The van der Waals surface area contributed by atoms with Gasteiger partial charge in [0.25, 0.3) is 0 Å². The summed E-state index contributed by atoms with van der Waals surface area (Å²) in [6.45, 7) is 16.8. The molecular weight excluding hydrogens is 399 g/mol. The average molecular weight is 438 g/mol. The molecule has 5 heteroatoms. The van der Waals surface area contributed by atoms with E-state index < -0.39 is 0 Å². The normalized spacial score (nSPS) is 17.4. The summed E-state index contributed by atoms with van der Waals surface area (Å²) in [5.41, 5.74) is 0. The molecule has 1 fully saturated rings. The topological polar surface area (TPSA) is 39.7 Å². The lowest BCUT2D eigenvalue weighted by molar-refractivity contribution is 0.187. The van der Waals surface area contributed by atoms with Crippen LogP contribution >= 0.6 is 24.0 Å². The molecule has 1 rings (SSSR count). The maximum absolute atomic E-state index is 4.80. The highest BCUT2D eigenvalue weighted by atomic mass is 127. The van der Waals surface area contributed by atoms with E-state index in [1.165, 1.54) is 45.3 Å². The van der Waals surface area contributed by atoms with Gasteiger partial charge in [-0.3, -0.25) is 4.99 Å².